The summed E-state index contributed by atoms with van der Waals surface area (Å²) in [5.41, 5.74) is 1.25. The zero-order valence-corrected chi connectivity index (χ0v) is 15.5. The Balaban J connectivity index is 0.00000400. The van der Waals surface area contributed by atoms with E-state index in [2.05, 4.69) is 51.8 Å². The first kappa shape index (κ1) is 20.0. The van der Waals surface area contributed by atoms with Crippen LogP contribution >= 0.6 is 24.0 Å². The number of hydrogen-bond donors (Lipinski definition) is 2. The fourth-order valence-electron chi connectivity index (χ4n) is 1.83. The highest BCUT2D eigenvalue weighted by molar-refractivity contribution is 14.0. The smallest absolute Gasteiger partial charge is 0.191 e. The maximum Gasteiger partial charge on any atom is 0.191 e. The summed E-state index contributed by atoms with van der Waals surface area (Å²) in [6, 6.07) is 10.4. The van der Waals surface area contributed by atoms with E-state index >= 15 is 0 Å². The number of halogens is 1. The monoisotopic (exact) mass is 406 g/mol. The van der Waals surface area contributed by atoms with Crippen LogP contribution in [0.2, 0.25) is 0 Å². The van der Waals surface area contributed by atoms with Gasteiger partial charge in [-0.2, -0.15) is 0 Å². The largest absolute Gasteiger partial charge is 0.383 e. The molecule has 6 heteroatoms. The van der Waals surface area contributed by atoms with Crippen LogP contribution in [0.3, 0.4) is 0 Å². The van der Waals surface area contributed by atoms with Gasteiger partial charge in [0, 0.05) is 46.5 Å². The Kier molecular flexibility index (Phi) is 12.1. The van der Waals surface area contributed by atoms with Crippen LogP contribution in [0.5, 0.6) is 0 Å². The summed E-state index contributed by atoms with van der Waals surface area (Å²) in [4.78, 5) is 6.41. The fraction of sp³-hybridized carbons (Fsp3) is 0.533. The zero-order chi connectivity index (χ0) is 14.6. The fourth-order valence-corrected chi connectivity index (χ4v) is 1.83. The Bertz CT molecular complexity index is 387. The second-order valence-electron chi connectivity index (χ2n) is 4.53. The van der Waals surface area contributed by atoms with Crippen molar-refractivity contribution >= 4 is 35.6 Å². The van der Waals surface area contributed by atoms with Crippen molar-refractivity contribution in [3.05, 3.63) is 30.3 Å². The molecule has 0 atom stereocenters. The Morgan fingerprint density at radius 2 is 1.86 bits per heavy atom. The van der Waals surface area contributed by atoms with Gasteiger partial charge in [0.2, 0.25) is 0 Å². The number of ether oxygens (including phenoxy) is 1. The molecule has 1 rings (SSSR count). The minimum atomic E-state index is 0. The summed E-state index contributed by atoms with van der Waals surface area (Å²) in [6.45, 7) is 3.34. The van der Waals surface area contributed by atoms with E-state index in [0.717, 1.165) is 32.0 Å². The maximum atomic E-state index is 4.99. The number of methoxy groups -OCH3 is 1. The first-order chi connectivity index (χ1) is 9.77. The molecule has 0 saturated heterocycles. The van der Waals surface area contributed by atoms with E-state index in [-0.39, 0.29) is 24.0 Å². The second kappa shape index (κ2) is 12.7. The second-order valence-corrected chi connectivity index (χ2v) is 4.53. The topological polar surface area (TPSA) is 48.9 Å². The summed E-state index contributed by atoms with van der Waals surface area (Å²) in [7, 11) is 5.58. The lowest BCUT2D eigenvalue weighted by Crippen LogP contribution is -2.40. The molecule has 1 aromatic rings. The van der Waals surface area contributed by atoms with Crippen LogP contribution in [0, 0.1) is 0 Å². The lowest BCUT2D eigenvalue weighted by Gasteiger charge is -2.19. The van der Waals surface area contributed by atoms with Crippen molar-refractivity contribution in [3.63, 3.8) is 0 Å². The van der Waals surface area contributed by atoms with Gasteiger partial charge < -0.3 is 20.3 Å². The van der Waals surface area contributed by atoms with Crippen LogP contribution < -0.4 is 15.5 Å². The van der Waals surface area contributed by atoms with Crippen molar-refractivity contribution < 1.29 is 4.74 Å². The van der Waals surface area contributed by atoms with Gasteiger partial charge in [-0.15, -0.1) is 24.0 Å². The minimum absolute atomic E-state index is 0. The first-order valence-corrected chi connectivity index (χ1v) is 6.97. The van der Waals surface area contributed by atoms with E-state index in [1.54, 1.807) is 14.2 Å². The molecule has 1 aromatic carbocycles. The van der Waals surface area contributed by atoms with Gasteiger partial charge in [0.25, 0.3) is 0 Å². The number of rotatable bonds is 8. The number of nitrogens with one attached hydrogen (secondary N) is 2. The van der Waals surface area contributed by atoms with Gasteiger partial charge in [-0.1, -0.05) is 18.2 Å². The average Bonchev–Trinajstić information content (AvgIpc) is 2.50. The number of hydrogen-bond acceptors (Lipinski definition) is 3. The third kappa shape index (κ3) is 8.77. The molecule has 0 aromatic heterocycles. The SMILES string of the molecule is CN=C(NCCCN(C)c1ccccc1)NCCOC.I. The Hall–Kier alpha value is -1.02. The van der Waals surface area contributed by atoms with Crippen LogP contribution in [-0.2, 0) is 4.74 Å². The normalized spacial score (nSPS) is 10.7. The molecular formula is C15H27IN4O. The van der Waals surface area contributed by atoms with Gasteiger partial charge in [-0.25, -0.2) is 0 Å². The van der Waals surface area contributed by atoms with Gasteiger partial charge in [-0.05, 0) is 18.6 Å². The number of benzene rings is 1. The molecule has 0 aliphatic carbocycles. The van der Waals surface area contributed by atoms with E-state index < -0.39 is 0 Å². The number of aliphatic imine (C=N–C) groups is 1. The number of para-hydroxylation sites is 1. The lowest BCUT2D eigenvalue weighted by molar-refractivity contribution is 0.203. The highest BCUT2D eigenvalue weighted by Crippen LogP contribution is 2.10. The van der Waals surface area contributed by atoms with Gasteiger partial charge in [-0.3, -0.25) is 4.99 Å². The molecule has 0 amide bonds. The molecular weight excluding hydrogens is 379 g/mol. The minimum Gasteiger partial charge on any atom is -0.383 e. The molecule has 0 aliphatic heterocycles. The van der Waals surface area contributed by atoms with Crippen LogP contribution in [-0.4, -0.2) is 53.4 Å². The van der Waals surface area contributed by atoms with Crippen molar-refractivity contribution in [2.75, 3.05) is 52.3 Å². The number of guanidine groups is 1. The van der Waals surface area contributed by atoms with Crippen LogP contribution in [0.1, 0.15) is 6.42 Å². The average molecular weight is 406 g/mol. The molecule has 0 unspecified atom stereocenters. The Labute approximate surface area is 145 Å². The van der Waals surface area contributed by atoms with E-state index in [0.29, 0.717) is 6.61 Å². The summed E-state index contributed by atoms with van der Waals surface area (Å²) < 4.78 is 4.99. The van der Waals surface area contributed by atoms with Crippen LogP contribution in [0.4, 0.5) is 5.69 Å². The molecule has 0 radical (unpaired) electrons. The van der Waals surface area contributed by atoms with Gasteiger partial charge >= 0.3 is 0 Å². The third-order valence-electron chi connectivity index (χ3n) is 2.98. The molecule has 0 saturated carbocycles. The quantitative estimate of drug-likeness (QED) is 0.300. The molecule has 120 valence electrons. The maximum absolute atomic E-state index is 4.99. The van der Waals surface area contributed by atoms with Crippen LogP contribution in [0.15, 0.2) is 35.3 Å². The molecule has 0 bridgehead atoms. The van der Waals surface area contributed by atoms with E-state index in [4.69, 9.17) is 4.74 Å². The van der Waals surface area contributed by atoms with Gasteiger partial charge in [0.05, 0.1) is 6.61 Å². The first-order valence-electron chi connectivity index (χ1n) is 6.97. The molecule has 2 N–H and O–H groups in total. The Morgan fingerprint density at radius 3 is 2.48 bits per heavy atom. The summed E-state index contributed by atoms with van der Waals surface area (Å²) in [5, 5.41) is 6.48. The van der Waals surface area contributed by atoms with E-state index in [1.807, 2.05) is 6.07 Å². The van der Waals surface area contributed by atoms with Crippen molar-refractivity contribution in [3.8, 4) is 0 Å². The van der Waals surface area contributed by atoms with Crippen molar-refractivity contribution in [1.82, 2.24) is 10.6 Å². The van der Waals surface area contributed by atoms with Crippen molar-refractivity contribution in [2.24, 2.45) is 4.99 Å². The molecule has 0 fully saturated rings. The van der Waals surface area contributed by atoms with Crippen LogP contribution in [0.25, 0.3) is 0 Å². The molecule has 21 heavy (non-hydrogen) atoms. The summed E-state index contributed by atoms with van der Waals surface area (Å²) in [5.74, 6) is 0.824. The predicted molar refractivity (Wildman–Crippen MR) is 101 cm³/mol. The standard InChI is InChI=1S/C15H26N4O.HI/c1-16-15(18-11-13-20-3)17-10-7-12-19(2)14-8-5-4-6-9-14;/h4-6,8-9H,7,10-13H2,1-3H3,(H2,16,17,18);1H. The molecule has 5 nitrogen and oxygen atoms in total. The lowest BCUT2D eigenvalue weighted by atomic mass is 10.3. The van der Waals surface area contributed by atoms with Crippen molar-refractivity contribution in [1.29, 1.82) is 0 Å². The summed E-state index contributed by atoms with van der Waals surface area (Å²) >= 11 is 0. The van der Waals surface area contributed by atoms with E-state index in [1.165, 1.54) is 5.69 Å². The molecule has 0 heterocycles. The predicted octanol–water partition coefficient (Wildman–Crippen LogP) is 1.94. The molecule has 0 spiro atoms. The zero-order valence-electron chi connectivity index (χ0n) is 13.1. The highest BCUT2D eigenvalue weighted by Gasteiger charge is 2.00. The summed E-state index contributed by atoms with van der Waals surface area (Å²) in [6.07, 6.45) is 1.05. The van der Waals surface area contributed by atoms with Gasteiger partial charge in [0.1, 0.15) is 0 Å². The third-order valence-corrected chi connectivity index (χ3v) is 2.98. The number of nitrogens with zero attached hydrogens (tertiary/aromatic N) is 2. The Morgan fingerprint density at radius 1 is 1.19 bits per heavy atom. The van der Waals surface area contributed by atoms with E-state index in [9.17, 15) is 0 Å². The van der Waals surface area contributed by atoms with Gasteiger partial charge in [0.15, 0.2) is 5.96 Å². The number of anilines is 1. The van der Waals surface area contributed by atoms with Crippen molar-refractivity contribution in [2.45, 2.75) is 6.42 Å². The highest BCUT2D eigenvalue weighted by atomic mass is 127. The molecule has 0 aliphatic rings.